The van der Waals surface area contributed by atoms with E-state index in [-0.39, 0.29) is 23.8 Å². The molecule has 0 saturated heterocycles. The second kappa shape index (κ2) is 6.16. The summed E-state index contributed by atoms with van der Waals surface area (Å²) in [4.78, 5) is 24.9. The highest BCUT2D eigenvalue weighted by molar-refractivity contribution is 5.91. The molecule has 0 spiro atoms. The van der Waals surface area contributed by atoms with Crippen LogP contribution >= 0.6 is 0 Å². The minimum absolute atomic E-state index is 0.148. The van der Waals surface area contributed by atoms with Crippen LogP contribution in [0.4, 0.5) is 4.79 Å². The van der Waals surface area contributed by atoms with Crippen LogP contribution in [0.1, 0.15) is 43.7 Å². The Morgan fingerprint density at radius 1 is 1.32 bits per heavy atom. The molecule has 0 bridgehead atoms. The lowest BCUT2D eigenvalue weighted by molar-refractivity contribution is 0.240. The summed E-state index contributed by atoms with van der Waals surface area (Å²) >= 11 is 0. The van der Waals surface area contributed by atoms with Crippen LogP contribution in [-0.2, 0) is 0 Å². The maximum Gasteiger partial charge on any atom is 0.321 e. The van der Waals surface area contributed by atoms with E-state index >= 15 is 0 Å². The third-order valence-corrected chi connectivity index (χ3v) is 5.28. The van der Waals surface area contributed by atoms with Gasteiger partial charge in [-0.1, -0.05) is 12.8 Å². The summed E-state index contributed by atoms with van der Waals surface area (Å²) in [6.07, 6.45) is 9.55. The minimum atomic E-state index is -0.350. The van der Waals surface area contributed by atoms with Crippen LogP contribution in [0, 0.1) is 17.2 Å². The van der Waals surface area contributed by atoms with Gasteiger partial charge >= 0.3 is 6.03 Å². The molecule has 130 valence electrons. The molecule has 2 aliphatic heterocycles. The second-order valence-electron chi connectivity index (χ2n) is 6.70. The van der Waals surface area contributed by atoms with Crippen LogP contribution in [0.3, 0.4) is 0 Å². The van der Waals surface area contributed by atoms with Gasteiger partial charge in [-0.25, -0.2) is 9.48 Å². The van der Waals surface area contributed by atoms with E-state index in [9.17, 15) is 14.9 Å². The number of carbonyl (C=O) groups excluding carboxylic acids is 1. The second-order valence-corrected chi connectivity index (χ2v) is 6.70. The average molecular weight is 340 g/mol. The molecule has 8 heteroatoms. The van der Waals surface area contributed by atoms with E-state index in [1.54, 1.807) is 17.1 Å². The Kier molecular flexibility index (Phi) is 3.84. The molecule has 3 aliphatic rings. The van der Waals surface area contributed by atoms with Crippen molar-refractivity contribution >= 4 is 11.7 Å². The molecule has 3 heterocycles. The van der Waals surface area contributed by atoms with Crippen molar-refractivity contribution in [3.63, 3.8) is 0 Å². The van der Waals surface area contributed by atoms with Gasteiger partial charge in [0.1, 0.15) is 6.17 Å². The van der Waals surface area contributed by atoms with E-state index in [1.165, 1.54) is 0 Å². The van der Waals surface area contributed by atoms with E-state index in [0.717, 1.165) is 31.3 Å². The number of aromatic nitrogens is 2. The van der Waals surface area contributed by atoms with Crippen molar-refractivity contribution in [3.8, 4) is 6.07 Å². The summed E-state index contributed by atoms with van der Waals surface area (Å²) in [6.45, 7) is 0. The Balaban J connectivity index is 1.73. The van der Waals surface area contributed by atoms with Crippen LogP contribution in [0.15, 0.2) is 28.8 Å². The molecular weight excluding hydrogens is 320 g/mol. The topological polar surface area (TPSA) is 115 Å². The number of fused-ring (bicyclic) bond motifs is 1. The monoisotopic (exact) mass is 340 g/mol. The molecule has 1 aliphatic carbocycles. The Labute approximate surface area is 144 Å². The van der Waals surface area contributed by atoms with Crippen LogP contribution in [-0.4, -0.2) is 22.0 Å². The highest BCUT2D eigenvalue weighted by atomic mass is 16.2. The molecule has 0 aromatic carbocycles. The van der Waals surface area contributed by atoms with Crippen molar-refractivity contribution in [2.45, 2.75) is 44.3 Å². The lowest BCUT2D eigenvalue weighted by atomic mass is 9.96. The highest BCUT2D eigenvalue weighted by Crippen LogP contribution is 2.35. The maximum atomic E-state index is 13.0. The first-order valence-electron chi connectivity index (χ1n) is 8.60. The maximum absolute atomic E-state index is 13.0. The fraction of sp³-hybridized carbons (Fsp3) is 0.471. The van der Waals surface area contributed by atoms with Gasteiger partial charge in [0.05, 0.1) is 29.8 Å². The van der Waals surface area contributed by atoms with Crippen molar-refractivity contribution in [1.29, 1.82) is 5.26 Å². The van der Waals surface area contributed by atoms with E-state index < -0.39 is 0 Å². The first kappa shape index (κ1) is 15.6. The molecule has 4 N–H and O–H groups in total. The number of nitrogens with one attached hydrogen (secondary N) is 4. The molecule has 1 aromatic heterocycles. The zero-order valence-corrected chi connectivity index (χ0v) is 13.7. The van der Waals surface area contributed by atoms with Gasteiger partial charge < -0.3 is 21.0 Å². The Morgan fingerprint density at radius 2 is 2.12 bits per heavy atom. The highest BCUT2D eigenvalue weighted by Gasteiger charge is 2.32. The third-order valence-electron chi connectivity index (χ3n) is 5.28. The van der Waals surface area contributed by atoms with Gasteiger partial charge in [0.2, 0.25) is 0 Å². The number of carbonyl (C=O) groups is 1. The first-order valence-corrected chi connectivity index (χ1v) is 8.60. The predicted octanol–water partition coefficient (Wildman–Crippen LogP) is 1.29. The van der Waals surface area contributed by atoms with E-state index in [2.05, 4.69) is 27.1 Å². The first-order chi connectivity index (χ1) is 12.2. The lowest BCUT2D eigenvalue weighted by Gasteiger charge is -2.25. The van der Waals surface area contributed by atoms with Gasteiger partial charge in [-0.2, -0.15) is 5.26 Å². The lowest BCUT2D eigenvalue weighted by Crippen LogP contribution is -2.51. The summed E-state index contributed by atoms with van der Waals surface area (Å²) in [7, 11) is 0. The van der Waals surface area contributed by atoms with E-state index in [4.69, 9.17) is 0 Å². The zero-order valence-electron chi connectivity index (χ0n) is 13.7. The van der Waals surface area contributed by atoms with Crippen molar-refractivity contribution in [2.24, 2.45) is 5.92 Å². The van der Waals surface area contributed by atoms with Crippen molar-refractivity contribution in [1.82, 2.24) is 25.7 Å². The van der Waals surface area contributed by atoms with Crippen molar-refractivity contribution < 1.29 is 4.79 Å². The molecule has 1 fully saturated rings. The molecule has 2 unspecified atom stereocenters. The summed E-state index contributed by atoms with van der Waals surface area (Å²) in [5.41, 5.74) is 1.55. The molecular formula is C17H20N6O2. The van der Waals surface area contributed by atoms with Crippen molar-refractivity contribution in [2.75, 3.05) is 0 Å². The average Bonchev–Trinajstić information content (AvgIpc) is 3.33. The number of H-pyrrole nitrogens is 1. The molecule has 1 aromatic rings. The summed E-state index contributed by atoms with van der Waals surface area (Å²) in [5, 5.41) is 20.7. The fourth-order valence-electron chi connectivity index (χ4n) is 4.06. The molecule has 1 saturated carbocycles. The summed E-state index contributed by atoms with van der Waals surface area (Å²) in [6, 6.07) is 1.71. The summed E-state index contributed by atoms with van der Waals surface area (Å²) < 4.78 is 1.57. The van der Waals surface area contributed by atoms with Crippen LogP contribution in [0.2, 0.25) is 0 Å². The molecule has 0 radical (unpaired) electrons. The zero-order chi connectivity index (χ0) is 17.4. The van der Waals surface area contributed by atoms with Gasteiger partial charge in [0.15, 0.2) is 0 Å². The Morgan fingerprint density at radius 3 is 2.88 bits per heavy atom. The molecule has 25 heavy (non-hydrogen) atoms. The fourth-order valence-corrected chi connectivity index (χ4v) is 4.06. The molecule has 4 rings (SSSR count). The van der Waals surface area contributed by atoms with Gasteiger partial charge in [0.25, 0.3) is 5.56 Å². The smallest absolute Gasteiger partial charge is 0.321 e. The number of nitrogens with zero attached hydrogens (tertiary/aromatic N) is 2. The van der Waals surface area contributed by atoms with Crippen LogP contribution in [0.5, 0.6) is 0 Å². The molecule has 2 atom stereocenters. The van der Waals surface area contributed by atoms with E-state index in [1.807, 2.05) is 6.08 Å². The van der Waals surface area contributed by atoms with Gasteiger partial charge in [-0.15, -0.1) is 0 Å². The number of amides is 2. The van der Waals surface area contributed by atoms with E-state index in [0.29, 0.717) is 23.6 Å². The number of hydrogen-bond donors (Lipinski definition) is 4. The quantitative estimate of drug-likeness (QED) is 0.661. The SMILES string of the molecule is N#CCC(C1CCCC1)n1[nH]cc(C2=C3C=CNC3NC(=O)N2)c1=O. The van der Waals surface area contributed by atoms with Gasteiger partial charge in [0, 0.05) is 11.8 Å². The number of hydrogen-bond acceptors (Lipinski definition) is 4. The third kappa shape index (κ3) is 2.61. The normalized spacial score (nSPS) is 23.6. The Bertz CT molecular complexity index is 849. The summed E-state index contributed by atoms with van der Waals surface area (Å²) in [5.74, 6) is 0.338. The van der Waals surface area contributed by atoms with Crippen molar-refractivity contribution in [3.05, 3.63) is 40.0 Å². The van der Waals surface area contributed by atoms with Gasteiger partial charge in [-0.3, -0.25) is 4.79 Å². The largest absolute Gasteiger partial charge is 0.367 e. The number of nitriles is 1. The predicted molar refractivity (Wildman–Crippen MR) is 90.9 cm³/mol. The van der Waals surface area contributed by atoms with Crippen LogP contribution in [0.25, 0.3) is 5.70 Å². The van der Waals surface area contributed by atoms with Crippen LogP contribution < -0.4 is 21.5 Å². The Hall–Kier alpha value is -2.95. The minimum Gasteiger partial charge on any atom is -0.367 e. The number of urea groups is 1. The molecule has 8 nitrogen and oxygen atoms in total. The standard InChI is InChI=1S/C17H20N6O2/c18-7-5-13(10-3-1-2-4-10)23-16(24)12(9-20-23)14-11-6-8-19-15(11)22-17(25)21-14/h6,8-10,13,15,19-20H,1-5H2,(H2,21,22,25). The van der Waals surface area contributed by atoms with Gasteiger partial charge in [-0.05, 0) is 31.0 Å². The number of rotatable bonds is 4. The number of aromatic amines is 1. The molecule has 2 amide bonds.